The third-order valence-corrected chi connectivity index (χ3v) is 10.8. The molecule has 356 valence electrons. The van der Waals surface area contributed by atoms with Gasteiger partial charge in [-0.1, -0.05) is 133 Å². The number of aromatic nitrogens is 4. The minimum Gasteiger partial charge on any atom is -0.305 e. The molecular weight excluding hydrogens is 1590 g/mol. The van der Waals surface area contributed by atoms with E-state index in [0.29, 0.717) is 0 Å². The Morgan fingerprint density at radius 3 is 1.66 bits per heavy atom. The first-order valence-corrected chi connectivity index (χ1v) is 21.8. The molecule has 0 saturated carbocycles. The van der Waals surface area contributed by atoms with Crippen molar-refractivity contribution in [3.8, 4) is 56.2 Å². The van der Waals surface area contributed by atoms with Crippen molar-refractivity contribution in [3.63, 3.8) is 0 Å². The van der Waals surface area contributed by atoms with Crippen LogP contribution in [0, 0.1) is 30.1 Å². The van der Waals surface area contributed by atoms with Crippen molar-refractivity contribution in [2.75, 3.05) is 0 Å². The van der Waals surface area contributed by atoms with Crippen molar-refractivity contribution in [2.24, 2.45) is 0 Å². The summed E-state index contributed by atoms with van der Waals surface area (Å²) in [7, 11) is 0. The van der Waals surface area contributed by atoms with Gasteiger partial charge in [0.25, 0.3) is 0 Å². The molecule has 0 atom stereocenters. The normalized spacial score (nSPS) is 9.87. The summed E-state index contributed by atoms with van der Waals surface area (Å²) >= 11 is 0. The van der Waals surface area contributed by atoms with Crippen molar-refractivity contribution >= 4 is 32.4 Å². The van der Waals surface area contributed by atoms with Gasteiger partial charge in [0.2, 0.25) is 0 Å². The number of rotatable bonds is 5. The summed E-state index contributed by atoms with van der Waals surface area (Å²) < 4.78 is 12.9. The van der Waals surface area contributed by atoms with Crippen LogP contribution < -0.4 is 0 Å². The largest absolute Gasteiger partial charge is 0.305 e. The molecule has 0 N–H and O–H groups in total. The fourth-order valence-corrected chi connectivity index (χ4v) is 7.39. The maximum atomic E-state index is 12.9. The second-order valence-corrected chi connectivity index (χ2v) is 15.2. The number of hydrogen-bond donors (Lipinski definition) is 0. The molecule has 4 heterocycles. The van der Waals surface area contributed by atoms with Crippen LogP contribution in [0.4, 0.5) is 4.39 Å². The van der Waals surface area contributed by atoms with Gasteiger partial charge in [-0.25, -0.2) is 0 Å². The van der Waals surface area contributed by atoms with Crippen LogP contribution in [-0.4, -0.2) is 19.9 Å². The van der Waals surface area contributed by atoms with Gasteiger partial charge in [0.15, 0.2) is 0 Å². The second-order valence-electron chi connectivity index (χ2n) is 15.2. The molecule has 12 aromatic rings. The Balaban J connectivity index is 0.000000173. The van der Waals surface area contributed by atoms with Crippen LogP contribution in [0.25, 0.3) is 88.6 Å². The summed E-state index contributed by atoms with van der Waals surface area (Å²) in [6.07, 6.45) is 5.41. The molecule has 0 unspecified atom stereocenters. The number of fused-ring (bicyclic) bond motifs is 3. The number of para-hydroxylation sites is 1. The van der Waals surface area contributed by atoms with E-state index in [9.17, 15) is 4.39 Å². The third-order valence-electron chi connectivity index (χ3n) is 10.8. The van der Waals surface area contributed by atoms with Gasteiger partial charge in [0.1, 0.15) is 0 Å². The van der Waals surface area contributed by atoms with Crippen molar-refractivity contribution in [1.29, 1.82) is 0 Å². The molecule has 0 bridgehead atoms. The van der Waals surface area contributed by atoms with Gasteiger partial charge < -0.3 is 15.0 Å². The number of hydrogen-bond acceptors (Lipinski definition) is 4. The molecule has 71 heavy (non-hydrogen) atoms. The zero-order valence-corrected chi connectivity index (χ0v) is 47.3. The molecule has 4 aromatic heterocycles. The van der Waals surface area contributed by atoms with Gasteiger partial charge in [-0.3, -0.25) is 9.37 Å². The van der Waals surface area contributed by atoms with Crippen LogP contribution in [0.15, 0.2) is 249 Å². The van der Waals surface area contributed by atoms with Gasteiger partial charge >= 0.3 is 0 Å². The standard InChI is InChI=1S/C17H12N.C15H9FN.2C15H10N.4Ir/c1-3-7-14(8-4-1)16-11-12-18-17(13-16)15-9-5-2-6-10-15;16-13-7-5-12(6-8-13)15-14-4-2-1-3-11(14)9-10-17-15;1-2-6-13-11-14(9-8-12(13)5-1)15-7-3-4-10-16-15;1-2-6-12(7-3-1)15-11-10-13-8-4-5-9-14(13)16-15;;;;/h1-9,11-13H;1-5,7-10H;1-8,10-11H;1-6,8-11H;;;;/q4*-1;;;;. The maximum Gasteiger partial charge on any atom is 0.0595 e. The molecule has 0 amide bonds. The second kappa shape index (κ2) is 28.5. The zero-order chi connectivity index (χ0) is 45.5. The number of nitrogens with zero attached hydrogens (tertiary/aromatic N) is 4. The van der Waals surface area contributed by atoms with Gasteiger partial charge in [0, 0.05) is 105 Å². The van der Waals surface area contributed by atoms with Crippen LogP contribution in [0.1, 0.15) is 0 Å². The zero-order valence-electron chi connectivity index (χ0n) is 37.7. The van der Waals surface area contributed by atoms with E-state index in [-0.39, 0.29) is 86.2 Å². The van der Waals surface area contributed by atoms with E-state index < -0.39 is 0 Å². The summed E-state index contributed by atoms with van der Waals surface area (Å²) in [5.41, 5.74) is 11.0. The van der Waals surface area contributed by atoms with Crippen LogP contribution in [0.2, 0.25) is 0 Å². The van der Waals surface area contributed by atoms with E-state index in [2.05, 4.69) is 92.7 Å². The molecule has 4 nitrogen and oxygen atoms in total. The minimum absolute atomic E-state index is 0. The number of pyridine rings is 4. The third kappa shape index (κ3) is 15.1. The molecule has 8 aromatic carbocycles. The predicted octanol–water partition coefficient (Wildman–Crippen LogP) is 15.5. The summed E-state index contributed by atoms with van der Waals surface area (Å²) in [5.74, 6) is -0.283. The first-order valence-electron chi connectivity index (χ1n) is 21.8. The van der Waals surface area contributed by atoms with E-state index in [1.165, 1.54) is 39.4 Å². The van der Waals surface area contributed by atoms with Gasteiger partial charge in [-0.05, 0) is 74.3 Å². The maximum absolute atomic E-state index is 12.9. The molecular formula is C62H41FIr4N4-4. The quantitative estimate of drug-likeness (QED) is 0.161. The number of halogens is 1. The summed E-state index contributed by atoms with van der Waals surface area (Å²) in [4.78, 5) is 17.7. The fourth-order valence-electron chi connectivity index (χ4n) is 7.39. The Morgan fingerprint density at radius 2 is 0.958 bits per heavy atom. The summed E-state index contributed by atoms with van der Waals surface area (Å²) in [6.45, 7) is 0. The molecule has 12 rings (SSSR count). The summed E-state index contributed by atoms with van der Waals surface area (Å²) in [5, 5.41) is 5.78. The number of benzene rings is 8. The first kappa shape index (κ1) is 55.6. The molecule has 0 saturated heterocycles. The molecule has 0 spiro atoms. The van der Waals surface area contributed by atoms with Crippen molar-refractivity contribution in [3.05, 3.63) is 279 Å². The topological polar surface area (TPSA) is 51.6 Å². The molecule has 9 heteroatoms. The van der Waals surface area contributed by atoms with Gasteiger partial charge in [-0.2, -0.15) is 0 Å². The van der Waals surface area contributed by atoms with E-state index in [0.717, 1.165) is 61.3 Å². The van der Waals surface area contributed by atoms with Crippen molar-refractivity contribution in [1.82, 2.24) is 19.9 Å². The minimum atomic E-state index is -0.283. The van der Waals surface area contributed by atoms with Crippen LogP contribution in [0.3, 0.4) is 0 Å². The molecule has 0 aliphatic carbocycles. The SMILES string of the molecule is Fc1c[c-]c(-c2nccc3ccccc23)cc1.[Ir].[Ir].[Ir].[Ir].[c-]1cc2ccccc2cc1-c1ccccn1.[c-]1ccccc1-c1cc(-c2ccccc2)ccn1.[c-]1ccccc1-c1ccc2ccccc2n1. The van der Waals surface area contributed by atoms with E-state index in [1.54, 1.807) is 18.5 Å². The monoisotopic (exact) mass is 1630 g/mol. The molecule has 0 fully saturated rings. The Kier molecular flexibility index (Phi) is 22.3. The average molecular weight is 1630 g/mol. The Labute approximate surface area is 468 Å². The average Bonchev–Trinajstić information content (AvgIpc) is 3.42. The van der Waals surface area contributed by atoms with E-state index >= 15 is 0 Å². The predicted molar refractivity (Wildman–Crippen MR) is 272 cm³/mol. The first-order chi connectivity index (χ1) is 33.1. The smallest absolute Gasteiger partial charge is 0.0595 e. The Bertz CT molecular complexity index is 3300. The van der Waals surface area contributed by atoms with Crippen LogP contribution >= 0.6 is 0 Å². The van der Waals surface area contributed by atoms with Gasteiger partial charge in [-0.15, -0.1) is 131 Å². The molecule has 4 radical (unpaired) electrons. The summed E-state index contributed by atoms with van der Waals surface area (Å²) in [6, 6.07) is 87.8. The van der Waals surface area contributed by atoms with E-state index in [4.69, 9.17) is 0 Å². The Morgan fingerprint density at radius 1 is 0.338 bits per heavy atom. The van der Waals surface area contributed by atoms with Crippen LogP contribution in [-0.2, 0) is 80.4 Å². The van der Waals surface area contributed by atoms with Gasteiger partial charge in [0.05, 0.1) is 5.52 Å². The Hall–Kier alpha value is -6.33. The molecule has 0 aliphatic heterocycles. The molecule has 0 aliphatic rings. The van der Waals surface area contributed by atoms with Crippen molar-refractivity contribution < 1.29 is 84.8 Å². The van der Waals surface area contributed by atoms with E-state index in [1.807, 2.05) is 170 Å². The van der Waals surface area contributed by atoms with Crippen molar-refractivity contribution in [2.45, 2.75) is 0 Å². The van der Waals surface area contributed by atoms with Crippen LogP contribution in [0.5, 0.6) is 0 Å². The fraction of sp³-hybridized carbons (Fsp3) is 0.